The van der Waals surface area contributed by atoms with Crippen LogP contribution in [0.25, 0.3) is 0 Å². The summed E-state index contributed by atoms with van der Waals surface area (Å²) in [6.45, 7) is 10.2. The molecule has 114 valence electrons. The summed E-state index contributed by atoms with van der Waals surface area (Å²) < 4.78 is 0. The number of hydrogen-bond donors (Lipinski definition) is 2. The number of carbonyl (C=O) groups is 1. The van der Waals surface area contributed by atoms with E-state index in [1.807, 2.05) is 0 Å². The Hall–Kier alpha value is -0.320. The van der Waals surface area contributed by atoms with Crippen molar-refractivity contribution in [1.82, 2.24) is 15.5 Å². The van der Waals surface area contributed by atoms with E-state index in [9.17, 15) is 4.79 Å². The van der Waals surface area contributed by atoms with E-state index in [1.54, 1.807) is 7.05 Å². The number of nitrogens with zero attached hydrogens (tertiary/aromatic N) is 1. The molecule has 1 aliphatic rings. The molecule has 0 saturated carbocycles. The van der Waals surface area contributed by atoms with Gasteiger partial charge in [-0.05, 0) is 46.2 Å². The zero-order valence-electron chi connectivity index (χ0n) is 12.8. The lowest BCUT2D eigenvalue weighted by atomic mass is 9.91. The topological polar surface area (TPSA) is 44.4 Å². The predicted molar refractivity (Wildman–Crippen MR) is 82.9 cm³/mol. The molecule has 1 atom stereocenters. The van der Waals surface area contributed by atoms with E-state index < -0.39 is 0 Å². The maximum Gasteiger partial charge on any atom is 0.234 e. The van der Waals surface area contributed by atoms with E-state index in [0.717, 1.165) is 19.0 Å². The molecular weight excluding hydrogens is 262 g/mol. The summed E-state index contributed by atoms with van der Waals surface area (Å²) in [5, 5.41) is 5.88. The first kappa shape index (κ1) is 18.7. The Balaban J connectivity index is 0.00000324. The Bertz CT molecular complexity index is 271. The second kappa shape index (κ2) is 8.77. The summed E-state index contributed by atoms with van der Waals surface area (Å²) in [5.74, 6) is 0.903. The zero-order valence-corrected chi connectivity index (χ0v) is 13.6. The second-order valence-electron chi connectivity index (χ2n) is 5.98. The molecule has 1 amide bonds. The second-order valence-corrected chi connectivity index (χ2v) is 5.98. The van der Waals surface area contributed by atoms with E-state index in [4.69, 9.17) is 0 Å². The third kappa shape index (κ3) is 6.11. The van der Waals surface area contributed by atoms with Crippen LogP contribution in [0.5, 0.6) is 0 Å². The minimum Gasteiger partial charge on any atom is -0.353 e. The van der Waals surface area contributed by atoms with Crippen LogP contribution in [0.15, 0.2) is 0 Å². The minimum atomic E-state index is 0. The molecular formula is C14H30ClN3O. The van der Waals surface area contributed by atoms with Crippen LogP contribution in [0.2, 0.25) is 0 Å². The molecule has 0 radical (unpaired) electrons. The van der Waals surface area contributed by atoms with E-state index in [1.165, 1.54) is 25.8 Å². The van der Waals surface area contributed by atoms with Gasteiger partial charge in [0.15, 0.2) is 0 Å². The highest BCUT2D eigenvalue weighted by Crippen LogP contribution is 2.25. The fourth-order valence-electron chi connectivity index (χ4n) is 2.60. The normalized spacial score (nSPS) is 20.7. The van der Waals surface area contributed by atoms with E-state index in [0.29, 0.717) is 6.54 Å². The van der Waals surface area contributed by atoms with Gasteiger partial charge in [-0.15, -0.1) is 12.4 Å². The molecule has 4 nitrogen and oxygen atoms in total. The van der Waals surface area contributed by atoms with Crippen molar-refractivity contribution < 1.29 is 4.79 Å². The molecule has 0 aromatic heterocycles. The summed E-state index contributed by atoms with van der Waals surface area (Å²) in [6.07, 6.45) is 3.90. The van der Waals surface area contributed by atoms with Crippen molar-refractivity contribution in [3.63, 3.8) is 0 Å². The number of hydrogen-bond acceptors (Lipinski definition) is 3. The van der Waals surface area contributed by atoms with Crippen LogP contribution >= 0.6 is 12.4 Å². The van der Waals surface area contributed by atoms with Gasteiger partial charge in [0.05, 0.1) is 6.54 Å². The van der Waals surface area contributed by atoms with Gasteiger partial charge in [-0.3, -0.25) is 9.69 Å². The molecule has 1 fully saturated rings. The minimum absolute atomic E-state index is 0. The molecule has 1 saturated heterocycles. The van der Waals surface area contributed by atoms with Gasteiger partial charge in [-0.2, -0.15) is 0 Å². The molecule has 0 aromatic carbocycles. The first-order valence-electron chi connectivity index (χ1n) is 7.16. The fourth-order valence-corrected chi connectivity index (χ4v) is 2.60. The average Bonchev–Trinajstić information content (AvgIpc) is 2.37. The Morgan fingerprint density at radius 1 is 1.42 bits per heavy atom. The molecule has 1 rings (SSSR count). The summed E-state index contributed by atoms with van der Waals surface area (Å²) in [5.41, 5.74) is 0.0528. The Kier molecular flexibility index (Phi) is 8.62. The van der Waals surface area contributed by atoms with Crippen molar-refractivity contribution in [2.24, 2.45) is 5.92 Å². The fraction of sp³-hybridized carbons (Fsp3) is 0.929. The molecule has 0 aromatic rings. The maximum absolute atomic E-state index is 11.5. The van der Waals surface area contributed by atoms with Gasteiger partial charge >= 0.3 is 0 Å². The highest BCUT2D eigenvalue weighted by Gasteiger charge is 2.30. The number of rotatable bonds is 6. The predicted octanol–water partition coefficient (Wildman–Crippen LogP) is 1.64. The Morgan fingerprint density at radius 3 is 2.68 bits per heavy atom. The number of carbonyl (C=O) groups excluding carboxylic acids is 1. The van der Waals surface area contributed by atoms with Gasteiger partial charge in [0.2, 0.25) is 5.91 Å². The van der Waals surface area contributed by atoms with Gasteiger partial charge in [0, 0.05) is 18.6 Å². The summed E-state index contributed by atoms with van der Waals surface area (Å²) >= 11 is 0. The van der Waals surface area contributed by atoms with Gasteiger partial charge in [0.1, 0.15) is 0 Å². The number of amides is 1. The van der Waals surface area contributed by atoms with Crippen LogP contribution in [0, 0.1) is 5.92 Å². The van der Waals surface area contributed by atoms with Crippen molar-refractivity contribution in [1.29, 1.82) is 0 Å². The standard InChI is InChI=1S/C14H29N3O.ClH/c1-5-12-7-6-8-17(10-12)14(2,3)11-16-13(18)9-15-4;/h12,15H,5-11H2,1-4H3,(H,16,18);1H. The van der Waals surface area contributed by atoms with Gasteiger partial charge in [-0.25, -0.2) is 0 Å². The summed E-state index contributed by atoms with van der Waals surface area (Å²) in [7, 11) is 1.79. The molecule has 1 unspecified atom stereocenters. The quantitative estimate of drug-likeness (QED) is 0.782. The largest absolute Gasteiger partial charge is 0.353 e. The van der Waals surface area contributed by atoms with Crippen molar-refractivity contribution in [3.8, 4) is 0 Å². The highest BCUT2D eigenvalue weighted by molar-refractivity contribution is 5.85. The molecule has 0 spiro atoms. The number of likely N-dealkylation sites (N-methyl/N-ethyl adjacent to an activating group) is 1. The van der Waals surface area contributed by atoms with Crippen LogP contribution in [0.3, 0.4) is 0 Å². The van der Waals surface area contributed by atoms with Crippen LogP contribution in [-0.4, -0.2) is 49.6 Å². The number of piperidine rings is 1. The first-order valence-corrected chi connectivity index (χ1v) is 7.16. The van der Waals surface area contributed by atoms with E-state index >= 15 is 0 Å². The molecule has 5 heteroatoms. The monoisotopic (exact) mass is 291 g/mol. The Labute approximate surface area is 124 Å². The lowest BCUT2D eigenvalue weighted by Gasteiger charge is -2.43. The molecule has 1 heterocycles. The molecule has 0 bridgehead atoms. The highest BCUT2D eigenvalue weighted by atomic mass is 35.5. The third-order valence-electron chi connectivity index (χ3n) is 4.01. The maximum atomic E-state index is 11.5. The molecule has 1 aliphatic heterocycles. The summed E-state index contributed by atoms with van der Waals surface area (Å²) in [6, 6.07) is 0. The van der Waals surface area contributed by atoms with Gasteiger partial charge in [-0.1, -0.05) is 13.3 Å². The zero-order chi connectivity index (χ0) is 13.6. The Morgan fingerprint density at radius 2 is 2.11 bits per heavy atom. The van der Waals surface area contributed by atoms with E-state index in [2.05, 4.69) is 36.3 Å². The van der Waals surface area contributed by atoms with Gasteiger partial charge < -0.3 is 10.6 Å². The first-order chi connectivity index (χ1) is 8.49. The van der Waals surface area contributed by atoms with E-state index in [-0.39, 0.29) is 23.9 Å². The lowest BCUT2D eigenvalue weighted by Crippen LogP contribution is -2.55. The lowest BCUT2D eigenvalue weighted by molar-refractivity contribution is -0.120. The van der Waals surface area contributed by atoms with Crippen molar-refractivity contribution in [2.75, 3.05) is 33.2 Å². The smallest absolute Gasteiger partial charge is 0.234 e. The van der Waals surface area contributed by atoms with Crippen LogP contribution in [0.1, 0.15) is 40.0 Å². The van der Waals surface area contributed by atoms with Gasteiger partial charge in [0.25, 0.3) is 0 Å². The average molecular weight is 292 g/mol. The number of nitrogens with one attached hydrogen (secondary N) is 2. The van der Waals surface area contributed by atoms with Crippen LogP contribution < -0.4 is 10.6 Å². The summed E-state index contributed by atoms with van der Waals surface area (Å²) in [4.78, 5) is 14.0. The molecule has 2 N–H and O–H groups in total. The van der Waals surface area contributed by atoms with Crippen LogP contribution in [0.4, 0.5) is 0 Å². The molecule has 19 heavy (non-hydrogen) atoms. The molecule has 0 aliphatic carbocycles. The number of likely N-dealkylation sites (tertiary alicyclic amines) is 1. The van der Waals surface area contributed by atoms with Crippen molar-refractivity contribution in [2.45, 2.75) is 45.6 Å². The van der Waals surface area contributed by atoms with Crippen LogP contribution in [-0.2, 0) is 4.79 Å². The number of halogens is 1. The van der Waals surface area contributed by atoms with Crippen molar-refractivity contribution in [3.05, 3.63) is 0 Å². The van der Waals surface area contributed by atoms with Crippen molar-refractivity contribution >= 4 is 18.3 Å². The SMILES string of the molecule is CCC1CCCN(C(C)(C)CNC(=O)CNC)C1.Cl. The third-order valence-corrected chi connectivity index (χ3v) is 4.01.